The van der Waals surface area contributed by atoms with Crippen molar-refractivity contribution in [2.45, 2.75) is 39.9 Å². The van der Waals surface area contributed by atoms with Crippen molar-refractivity contribution in [3.05, 3.63) is 70.3 Å². The molecule has 0 fully saturated rings. The molecule has 0 radical (unpaired) electrons. The molecule has 22 heavy (non-hydrogen) atoms. The molecule has 0 amide bonds. The van der Waals surface area contributed by atoms with Crippen molar-refractivity contribution in [3.8, 4) is 0 Å². The lowest BCUT2D eigenvalue weighted by atomic mass is 9.95. The molecule has 0 spiro atoms. The van der Waals surface area contributed by atoms with Gasteiger partial charge in [0.2, 0.25) is 0 Å². The highest BCUT2D eigenvalue weighted by atomic mass is 16.5. The molecule has 0 saturated carbocycles. The molecule has 1 atom stereocenters. The van der Waals surface area contributed by atoms with E-state index in [0.717, 1.165) is 22.3 Å². The number of carboxylic acid groups (broad SMARTS) is 1. The normalized spacial score (nSPS) is 12.1. The van der Waals surface area contributed by atoms with Crippen LogP contribution in [0.25, 0.3) is 0 Å². The molecule has 0 aliphatic rings. The summed E-state index contributed by atoms with van der Waals surface area (Å²) in [5.74, 6) is -0.921. The zero-order valence-corrected chi connectivity index (χ0v) is 13.3. The third-order valence-corrected chi connectivity index (χ3v) is 3.80. The lowest BCUT2D eigenvalue weighted by Crippen LogP contribution is -2.27. The first-order chi connectivity index (χ1) is 10.5. The van der Waals surface area contributed by atoms with Crippen LogP contribution in [-0.2, 0) is 22.6 Å². The third-order valence-electron chi connectivity index (χ3n) is 3.80. The predicted molar refractivity (Wildman–Crippen MR) is 87.0 cm³/mol. The lowest BCUT2D eigenvalue weighted by Gasteiger charge is -2.17. The Morgan fingerprint density at radius 1 is 1.09 bits per heavy atom. The van der Waals surface area contributed by atoms with E-state index in [1.165, 1.54) is 5.56 Å². The van der Waals surface area contributed by atoms with Gasteiger partial charge in [0.25, 0.3) is 0 Å². The SMILES string of the molecule is Cc1cc(C)c(C[C@H](OCc2ccccc2)C(=O)O)c(C)c1. The van der Waals surface area contributed by atoms with Crippen LogP contribution < -0.4 is 0 Å². The molecule has 3 nitrogen and oxygen atoms in total. The standard InChI is InChI=1S/C19H22O3/c1-13-9-14(2)17(15(3)10-13)11-18(19(20)21)22-12-16-7-5-4-6-8-16/h4-10,18H,11-12H2,1-3H3,(H,20,21)/t18-/m0/s1. The Bertz CT molecular complexity index is 624. The van der Waals surface area contributed by atoms with Crippen molar-refractivity contribution in [1.82, 2.24) is 0 Å². The number of carboxylic acids is 1. The predicted octanol–water partition coefficient (Wildman–Crippen LogP) is 3.82. The molecule has 2 aromatic carbocycles. The van der Waals surface area contributed by atoms with E-state index >= 15 is 0 Å². The van der Waals surface area contributed by atoms with E-state index in [2.05, 4.69) is 12.1 Å². The molecule has 1 N–H and O–H groups in total. The third kappa shape index (κ3) is 4.18. The molecule has 0 saturated heterocycles. The fourth-order valence-electron chi connectivity index (χ4n) is 2.71. The van der Waals surface area contributed by atoms with Gasteiger partial charge in [0.15, 0.2) is 6.10 Å². The van der Waals surface area contributed by atoms with Crippen LogP contribution in [0.2, 0.25) is 0 Å². The molecule has 0 heterocycles. The van der Waals surface area contributed by atoms with Gasteiger partial charge in [-0.2, -0.15) is 0 Å². The number of rotatable bonds is 6. The summed E-state index contributed by atoms with van der Waals surface area (Å²) >= 11 is 0. The molecule has 0 unspecified atom stereocenters. The van der Waals surface area contributed by atoms with Gasteiger partial charge < -0.3 is 9.84 Å². The van der Waals surface area contributed by atoms with Gasteiger partial charge in [-0.05, 0) is 43.0 Å². The molecule has 0 bridgehead atoms. The summed E-state index contributed by atoms with van der Waals surface area (Å²) in [5.41, 5.74) is 5.46. The van der Waals surface area contributed by atoms with Crippen LogP contribution in [0.3, 0.4) is 0 Å². The van der Waals surface area contributed by atoms with E-state index in [-0.39, 0.29) is 0 Å². The largest absolute Gasteiger partial charge is 0.479 e. The van der Waals surface area contributed by atoms with Gasteiger partial charge in [-0.15, -0.1) is 0 Å². The zero-order chi connectivity index (χ0) is 16.1. The number of hydrogen-bond donors (Lipinski definition) is 1. The number of hydrogen-bond acceptors (Lipinski definition) is 2. The zero-order valence-electron chi connectivity index (χ0n) is 13.3. The number of benzene rings is 2. The molecule has 0 aliphatic heterocycles. The van der Waals surface area contributed by atoms with Crippen molar-refractivity contribution in [3.63, 3.8) is 0 Å². The highest BCUT2D eigenvalue weighted by Gasteiger charge is 2.21. The monoisotopic (exact) mass is 298 g/mol. The van der Waals surface area contributed by atoms with E-state index in [9.17, 15) is 9.90 Å². The van der Waals surface area contributed by atoms with Crippen LogP contribution in [0.1, 0.15) is 27.8 Å². The Morgan fingerprint density at radius 2 is 1.68 bits per heavy atom. The van der Waals surface area contributed by atoms with Crippen molar-refractivity contribution in [1.29, 1.82) is 0 Å². The number of carbonyl (C=O) groups is 1. The van der Waals surface area contributed by atoms with E-state index in [4.69, 9.17) is 4.74 Å². The highest BCUT2D eigenvalue weighted by molar-refractivity contribution is 5.73. The average Bonchev–Trinajstić information content (AvgIpc) is 2.46. The van der Waals surface area contributed by atoms with Gasteiger partial charge in [0, 0.05) is 6.42 Å². The second-order valence-electron chi connectivity index (χ2n) is 5.70. The van der Waals surface area contributed by atoms with Gasteiger partial charge >= 0.3 is 5.97 Å². The fraction of sp³-hybridized carbons (Fsp3) is 0.316. The van der Waals surface area contributed by atoms with Crippen molar-refractivity contribution < 1.29 is 14.6 Å². The topological polar surface area (TPSA) is 46.5 Å². The van der Waals surface area contributed by atoms with Crippen LogP contribution >= 0.6 is 0 Å². The Morgan fingerprint density at radius 3 is 2.23 bits per heavy atom. The van der Waals surface area contributed by atoms with Crippen LogP contribution in [-0.4, -0.2) is 17.2 Å². The summed E-state index contributed by atoms with van der Waals surface area (Å²) in [6, 6.07) is 13.8. The lowest BCUT2D eigenvalue weighted by molar-refractivity contribution is -0.151. The quantitative estimate of drug-likeness (QED) is 0.881. The molecule has 2 rings (SSSR count). The minimum Gasteiger partial charge on any atom is -0.479 e. The van der Waals surface area contributed by atoms with Gasteiger partial charge in [-0.25, -0.2) is 4.79 Å². The Balaban J connectivity index is 2.11. The first-order valence-corrected chi connectivity index (χ1v) is 7.42. The van der Waals surface area contributed by atoms with Crippen LogP contribution in [0.5, 0.6) is 0 Å². The van der Waals surface area contributed by atoms with E-state index < -0.39 is 12.1 Å². The maximum absolute atomic E-state index is 11.5. The molecule has 0 aromatic heterocycles. The maximum Gasteiger partial charge on any atom is 0.333 e. The van der Waals surface area contributed by atoms with Crippen molar-refractivity contribution >= 4 is 5.97 Å². The smallest absolute Gasteiger partial charge is 0.333 e. The summed E-state index contributed by atoms with van der Waals surface area (Å²) < 4.78 is 5.63. The Hall–Kier alpha value is -2.13. The molecular weight excluding hydrogens is 276 g/mol. The van der Waals surface area contributed by atoms with Crippen LogP contribution in [0, 0.1) is 20.8 Å². The number of aryl methyl sites for hydroxylation is 3. The molecular formula is C19H22O3. The molecule has 0 aliphatic carbocycles. The summed E-state index contributed by atoms with van der Waals surface area (Å²) in [5, 5.41) is 9.42. The van der Waals surface area contributed by atoms with E-state index in [1.54, 1.807) is 0 Å². The second-order valence-corrected chi connectivity index (χ2v) is 5.70. The first kappa shape index (κ1) is 16.2. The Kier molecular flexibility index (Phi) is 5.34. The van der Waals surface area contributed by atoms with E-state index in [1.807, 2.05) is 51.1 Å². The second kappa shape index (κ2) is 7.23. The van der Waals surface area contributed by atoms with Gasteiger partial charge in [-0.1, -0.05) is 48.0 Å². The van der Waals surface area contributed by atoms with Gasteiger partial charge in [0.05, 0.1) is 6.61 Å². The first-order valence-electron chi connectivity index (χ1n) is 7.42. The van der Waals surface area contributed by atoms with Crippen molar-refractivity contribution in [2.75, 3.05) is 0 Å². The molecule has 2 aromatic rings. The van der Waals surface area contributed by atoms with Crippen molar-refractivity contribution in [2.24, 2.45) is 0 Å². The minimum absolute atomic E-state index is 0.307. The van der Waals surface area contributed by atoms with Crippen LogP contribution in [0.15, 0.2) is 42.5 Å². The van der Waals surface area contributed by atoms with Gasteiger partial charge in [-0.3, -0.25) is 0 Å². The number of aliphatic carboxylic acids is 1. The van der Waals surface area contributed by atoms with Crippen LogP contribution in [0.4, 0.5) is 0 Å². The molecule has 3 heteroatoms. The maximum atomic E-state index is 11.5. The summed E-state index contributed by atoms with van der Waals surface area (Å²) in [6.45, 7) is 6.39. The fourth-order valence-corrected chi connectivity index (χ4v) is 2.71. The van der Waals surface area contributed by atoms with Gasteiger partial charge in [0.1, 0.15) is 0 Å². The number of ether oxygens (including phenoxy) is 1. The van der Waals surface area contributed by atoms with E-state index in [0.29, 0.717) is 13.0 Å². The Labute approximate surface area is 131 Å². The average molecular weight is 298 g/mol. The summed E-state index contributed by atoms with van der Waals surface area (Å²) in [7, 11) is 0. The summed E-state index contributed by atoms with van der Waals surface area (Å²) in [4.78, 5) is 11.5. The minimum atomic E-state index is -0.921. The highest BCUT2D eigenvalue weighted by Crippen LogP contribution is 2.19. The summed E-state index contributed by atoms with van der Waals surface area (Å²) in [6.07, 6.45) is -0.444. The molecule has 116 valence electrons.